The predicted octanol–water partition coefficient (Wildman–Crippen LogP) is 3.17. The first kappa shape index (κ1) is 19.4. The van der Waals surface area contributed by atoms with Crippen LogP contribution in [0.3, 0.4) is 0 Å². The molecule has 0 aliphatic heterocycles. The number of hydrogen-bond donors (Lipinski definition) is 1. The highest BCUT2D eigenvalue weighted by Gasteiger charge is 2.15. The van der Waals surface area contributed by atoms with Crippen LogP contribution in [0.15, 0.2) is 57.0 Å². The number of fused-ring (bicyclic) bond motifs is 1. The van der Waals surface area contributed by atoms with Crippen LogP contribution in [0.5, 0.6) is 0 Å². The highest BCUT2D eigenvalue weighted by atomic mass is 32.2. The molecular weight excluding hydrogens is 391 g/mol. The van der Waals surface area contributed by atoms with Gasteiger partial charge in [0.05, 0.1) is 16.4 Å². The van der Waals surface area contributed by atoms with Crippen LogP contribution < -0.4 is 5.32 Å². The summed E-state index contributed by atoms with van der Waals surface area (Å²) in [4.78, 5) is 16.4. The minimum absolute atomic E-state index is 0.00614. The normalized spacial score (nSPS) is 11.6. The molecule has 27 heavy (non-hydrogen) atoms. The van der Waals surface area contributed by atoms with Gasteiger partial charge in [0.25, 0.3) is 5.22 Å². The van der Waals surface area contributed by atoms with E-state index in [-0.39, 0.29) is 33.3 Å². The summed E-state index contributed by atoms with van der Waals surface area (Å²) in [7, 11) is -3.32. The molecule has 0 fully saturated rings. The number of nitrogens with one attached hydrogen (secondary N) is 1. The van der Waals surface area contributed by atoms with Crippen LogP contribution in [0.4, 0.5) is 4.39 Å². The van der Waals surface area contributed by atoms with E-state index in [1.54, 1.807) is 25.1 Å². The Labute approximate surface area is 160 Å². The van der Waals surface area contributed by atoms with Crippen LogP contribution in [-0.4, -0.2) is 30.8 Å². The van der Waals surface area contributed by atoms with Gasteiger partial charge in [0.1, 0.15) is 11.3 Å². The lowest BCUT2D eigenvalue weighted by molar-refractivity contribution is -0.118. The number of sulfone groups is 1. The molecule has 1 aromatic heterocycles. The van der Waals surface area contributed by atoms with Crippen molar-refractivity contribution < 1.29 is 22.0 Å². The third kappa shape index (κ3) is 4.86. The molecule has 6 nitrogen and oxygen atoms in total. The Kier molecular flexibility index (Phi) is 5.81. The highest BCUT2D eigenvalue weighted by molar-refractivity contribution is 7.99. The molecule has 0 radical (unpaired) electrons. The molecule has 0 saturated heterocycles. The second-order valence-corrected chi connectivity index (χ2v) is 8.91. The fourth-order valence-electron chi connectivity index (χ4n) is 2.29. The van der Waals surface area contributed by atoms with Gasteiger partial charge in [-0.3, -0.25) is 4.79 Å². The number of halogens is 1. The predicted molar refractivity (Wildman–Crippen MR) is 101 cm³/mol. The molecule has 0 unspecified atom stereocenters. The molecule has 0 bridgehead atoms. The van der Waals surface area contributed by atoms with E-state index in [9.17, 15) is 17.6 Å². The summed E-state index contributed by atoms with van der Waals surface area (Å²) in [6, 6.07) is 10.4. The zero-order valence-electron chi connectivity index (χ0n) is 14.4. The van der Waals surface area contributed by atoms with Crippen molar-refractivity contribution in [2.75, 3.05) is 11.5 Å². The number of oxazole rings is 1. The lowest BCUT2D eigenvalue weighted by Gasteiger charge is -2.04. The third-order valence-corrected chi connectivity index (χ3v) is 6.37. The van der Waals surface area contributed by atoms with Crippen molar-refractivity contribution >= 4 is 38.6 Å². The molecule has 9 heteroatoms. The molecule has 0 saturated carbocycles. The Balaban J connectivity index is 1.59. The minimum atomic E-state index is -3.32. The minimum Gasteiger partial charge on any atom is -0.431 e. The van der Waals surface area contributed by atoms with E-state index in [1.165, 1.54) is 24.3 Å². The van der Waals surface area contributed by atoms with Crippen molar-refractivity contribution in [1.29, 1.82) is 0 Å². The first-order valence-electron chi connectivity index (χ1n) is 8.14. The van der Waals surface area contributed by atoms with E-state index in [0.29, 0.717) is 17.6 Å². The fourth-order valence-corrected chi connectivity index (χ4v) is 3.86. The number of aromatic nitrogens is 1. The molecule has 1 heterocycles. The number of carbonyl (C=O) groups is 1. The number of nitrogens with zero attached hydrogens (tertiary/aromatic N) is 1. The Bertz CT molecular complexity index is 1060. The molecule has 1 N–H and O–H groups in total. The van der Waals surface area contributed by atoms with Crippen LogP contribution in [0, 0.1) is 5.82 Å². The van der Waals surface area contributed by atoms with Gasteiger partial charge in [-0.15, -0.1) is 0 Å². The van der Waals surface area contributed by atoms with Crippen molar-refractivity contribution in [3.63, 3.8) is 0 Å². The molecule has 0 atom stereocenters. The zero-order chi connectivity index (χ0) is 19.4. The van der Waals surface area contributed by atoms with Crippen molar-refractivity contribution in [2.24, 2.45) is 0 Å². The smallest absolute Gasteiger partial charge is 0.257 e. The summed E-state index contributed by atoms with van der Waals surface area (Å²) in [6.07, 6.45) is 0. The molecule has 2 aromatic carbocycles. The van der Waals surface area contributed by atoms with E-state index < -0.39 is 9.84 Å². The second kappa shape index (κ2) is 8.10. The van der Waals surface area contributed by atoms with Gasteiger partial charge in [-0.1, -0.05) is 30.8 Å². The first-order valence-corrected chi connectivity index (χ1v) is 10.8. The summed E-state index contributed by atoms with van der Waals surface area (Å²) >= 11 is 1.11. The number of amides is 1. The van der Waals surface area contributed by atoms with Crippen molar-refractivity contribution in [3.05, 3.63) is 53.8 Å². The van der Waals surface area contributed by atoms with Gasteiger partial charge in [-0.25, -0.2) is 17.8 Å². The number of benzene rings is 2. The fraction of sp³-hybridized carbons (Fsp3) is 0.222. The second-order valence-electron chi connectivity index (χ2n) is 5.70. The van der Waals surface area contributed by atoms with Gasteiger partial charge >= 0.3 is 0 Å². The van der Waals surface area contributed by atoms with Crippen molar-refractivity contribution in [2.45, 2.75) is 23.6 Å². The van der Waals surface area contributed by atoms with Gasteiger partial charge in [0.15, 0.2) is 15.4 Å². The Morgan fingerprint density at radius 1 is 1.22 bits per heavy atom. The standard InChI is InChI=1S/C18H17FN2O4S2/c1-2-27(23,24)14-7-8-16-15(9-14)21-18(25-16)26-11-17(22)20-10-12-3-5-13(19)6-4-12/h3-9H,2,10-11H2,1H3,(H,20,22). The molecule has 142 valence electrons. The topological polar surface area (TPSA) is 89.3 Å². The molecule has 3 rings (SSSR count). The average molecular weight is 408 g/mol. The summed E-state index contributed by atoms with van der Waals surface area (Å²) in [5.74, 6) is -0.451. The summed E-state index contributed by atoms with van der Waals surface area (Å²) in [5.41, 5.74) is 1.68. The lowest BCUT2D eigenvalue weighted by atomic mass is 10.2. The molecule has 0 aliphatic carbocycles. The van der Waals surface area contributed by atoms with Crippen LogP contribution in [0.2, 0.25) is 0 Å². The number of thioether (sulfide) groups is 1. The number of carbonyl (C=O) groups excluding carboxylic acids is 1. The summed E-state index contributed by atoms with van der Waals surface area (Å²) in [5, 5.41) is 3.01. The van der Waals surface area contributed by atoms with Gasteiger partial charge in [-0.2, -0.15) is 0 Å². The highest BCUT2D eigenvalue weighted by Crippen LogP contribution is 2.25. The van der Waals surface area contributed by atoms with E-state index in [4.69, 9.17) is 4.42 Å². The van der Waals surface area contributed by atoms with Gasteiger partial charge < -0.3 is 9.73 Å². The van der Waals surface area contributed by atoms with E-state index in [2.05, 4.69) is 10.3 Å². The Morgan fingerprint density at radius 3 is 2.67 bits per heavy atom. The van der Waals surface area contributed by atoms with E-state index in [0.717, 1.165) is 17.3 Å². The van der Waals surface area contributed by atoms with Crippen molar-refractivity contribution in [3.8, 4) is 0 Å². The van der Waals surface area contributed by atoms with Gasteiger partial charge in [0.2, 0.25) is 5.91 Å². The van der Waals surface area contributed by atoms with E-state index in [1.807, 2.05) is 0 Å². The maximum atomic E-state index is 12.9. The monoisotopic (exact) mass is 408 g/mol. The molecule has 3 aromatic rings. The Morgan fingerprint density at radius 2 is 1.96 bits per heavy atom. The molecular formula is C18H17FN2O4S2. The Hall–Kier alpha value is -2.39. The molecule has 0 spiro atoms. The summed E-state index contributed by atoms with van der Waals surface area (Å²) < 4.78 is 42.3. The van der Waals surface area contributed by atoms with Crippen molar-refractivity contribution in [1.82, 2.24) is 10.3 Å². The first-order chi connectivity index (χ1) is 12.9. The van der Waals surface area contributed by atoms with Gasteiger partial charge in [0, 0.05) is 6.54 Å². The third-order valence-electron chi connectivity index (χ3n) is 3.81. The molecule has 1 amide bonds. The maximum absolute atomic E-state index is 12.9. The largest absolute Gasteiger partial charge is 0.431 e. The van der Waals surface area contributed by atoms with Gasteiger partial charge in [-0.05, 0) is 35.9 Å². The lowest BCUT2D eigenvalue weighted by Crippen LogP contribution is -2.24. The van der Waals surface area contributed by atoms with Crippen LogP contribution >= 0.6 is 11.8 Å². The SMILES string of the molecule is CCS(=O)(=O)c1ccc2oc(SCC(=O)NCc3ccc(F)cc3)nc2c1. The number of hydrogen-bond acceptors (Lipinski definition) is 6. The van der Waals surface area contributed by atoms with Crippen LogP contribution in [0.1, 0.15) is 12.5 Å². The van der Waals surface area contributed by atoms with E-state index >= 15 is 0 Å². The van der Waals surface area contributed by atoms with Crippen LogP contribution in [0.25, 0.3) is 11.1 Å². The maximum Gasteiger partial charge on any atom is 0.257 e. The number of rotatable bonds is 7. The summed E-state index contributed by atoms with van der Waals surface area (Å²) in [6.45, 7) is 1.87. The zero-order valence-corrected chi connectivity index (χ0v) is 16.1. The average Bonchev–Trinajstić information content (AvgIpc) is 3.08. The quantitative estimate of drug-likeness (QED) is 0.604. The van der Waals surface area contributed by atoms with Crippen LogP contribution in [-0.2, 0) is 21.2 Å². The molecule has 0 aliphatic rings.